The molecule has 11 nitrogen and oxygen atoms in total. The highest BCUT2D eigenvalue weighted by Gasteiger charge is 2.47. The van der Waals surface area contributed by atoms with Gasteiger partial charge in [-0.25, -0.2) is 9.78 Å². The van der Waals surface area contributed by atoms with Crippen LogP contribution in [0.2, 0.25) is 0 Å². The van der Waals surface area contributed by atoms with Gasteiger partial charge in [0.2, 0.25) is 5.88 Å². The molecule has 0 aliphatic carbocycles. The number of benzene rings is 1. The van der Waals surface area contributed by atoms with Gasteiger partial charge in [-0.05, 0) is 67.1 Å². The number of carbonyl (C=O) groups excluding carboxylic acids is 1. The number of nitrogens with two attached hydrogens (primary N) is 1. The fraction of sp³-hybridized carbons (Fsp3) is 0.455. The van der Waals surface area contributed by atoms with E-state index < -0.39 is 53.5 Å². The molecule has 0 unspecified atom stereocenters. The molecule has 4 rings (SSSR count). The van der Waals surface area contributed by atoms with Gasteiger partial charge in [0, 0.05) is 25.5 Å². The fourth-order valence-corrected chi connectivity index (χ4v) is 5.66. The Morgan fingerprint density at radius 3 is 2.26 bits per heavy atom. The molecule has 1 aromatic carbocycles. The summed E-state index contributed by atoms with van der Waals surface area (Å²) in [7, 11) is 2.81. The minimum Gasteiger partial charge on any atom is -0.490 e. The number of rotatable bonds is 13. The number of nitrogens with zero attached hydrogens (tertiary/aromatic N) is 3. The number of carboxylic acids is 1. The Morgan fingerprint density at radius 2 is 1.68 bits per heavy atom. The SMILES string of the molecule is CC[C@]1(N)C[C@@H](c2ncc(OCCOC)cc2Cc2cc(C(F)(F)F)cc(C(F)(F)F)c2)c2nc(OC)ccc2N1C(=O)OCCCC(=O)O. The van der Waals surface area contributed by atoms with E-state index in [0.29, 0.717) is 12.1 Å². The molecule has 0 bridgehead atoms. The summed E-state index contributed by atoms with van der Waals surface area (Å²) in [6, 6.07) is 5.82. The van der Waals surface area contributed by atoms with E-state index >= 15 is 0 Å². The molecular formula is C33H36F6N4O7. The molecule has 3 N–H and O–H groups in total. The molecule has 0 saturated heterocycles. The molecule has 3 aromatic rings. The average molecular weight is 715 g/mol. The van der Waals surface area contributed by atoms with Crippen LogP contribution >= 0.6 is 0 Å². The second kappa shape index (κ2) is 15.5. The molecule has 3 heterocycles. The zero-order valence-electron chi connectivity index (χ0n) is 27.4. The Morgan fingerprint density at radius 1 is 1.00 bits per heavy atom. The van der Waals surface area contributed by atoms with Crippen LogP contribution in [-0.2, 0) is 33.0 Å². The first-order valence-electron chi connectivity index (χ1n) is 15.4. The molecule has 0 saturated carbocycles. The molecule has 50 heavy (non-hydrogen) atoms. The van der Waals surface area contributed by atoms with Gasteiger partial charge in [0.25, 0.3) is 0 Å². The van der Waals surface area contributed by atoms with E-state index in [1.807, 2.05) is 0 Å². The van der Waals surface area contributed by atoms with Gasteiger partial charge in [0.15, 0.2) is 0 Å². The van der Waals surface area contributed by atoms with E-state index in [0.717, 1.165) is 0 Å². The van der Waals surface area contributed by atoms with Crippen molar-refractivity contribution in [1.29, 1.82) is 0 Å². The highest BCUT2D eigenvalue weighted by molar-refractivity contribution is 5.91. The van der Waals surface area contributed by atoms with Crippen molar-refractivity contribution in [3.63, 3.8) is 0 Å². The molecule has 17 heteroatoms. The maximum absolute atomic E-state index is 13.8. The van der Waals surface area contributed by atoms with E-state index in [2.05, 4.69) is 9.97 Å². The van der Waals surface area contributed by atoms with Gasteiger partial charge in [-0.1, -0.05) is 6.92 Å². The van der Waals surface area contributed by atoms with Gasteiger partial charge in [0.1, 0.15) is 18.0 Å². The third-order valence-electron chi connectivity index (χ3n) is 8.12. The molecule has 272 valence electrons. The number of aromatic nitrogens is 2. The molecule has 2 aromatic heterocycles. The number of hydrogen-bond donors (Lipinski definition) is 2. The lowest BCUT2D eigenvalue weighted by Gasteiger charge is -2.46. The van der Waals surface area contributed by atoms with Crippen molar-refractivity contribution >= 4 is 17.7 Å². The van der Waals surface area contributed by atoms with Crippen LogP contribution in [0.25, 0.3) is 0 Å². The van der Waals surface area contributed by atoms with Gasteiger partial charge in [-0.3, -0.25) is 14.7 Å². The maximum Gasteiger partial charge on any atom is 0.416 e. The first-order chi connectivity index (χ1) is 23.5. The number of amides is 1. The fourth-order valence-electron chi connectivity index (χ4n) is 5.66. The third kappa shape index (κ3) is 8.93. The zero-order chi connectivity index (χ0) is 36.9. The smallest absolute Gasteiger partial charge is 0.416 e. The monoisotopic (exact) mass is 714 g/mol. The van der Waals surface area contributed by atoms with E-state index in [9.17, 15) is 35.9 Å². The van der Waals surface area contributed by atoms with Crippen LogP contribution in [0.5, 0.6) is 11.6 Å². The third-order valence-corrected chi connectivity index (χ3v) is 8.12. The highest BCUT2D eigenvalue weighted by atomic mass is 19.4. The Bertz CT molecular complexity index is 1650. The summed E-state index contributed by atoms with van der Waals surface area (Å²) in [6.45, 7) is 1.77. The van der Waals surface area contributed by atoms with Crippen LogP contribution in [0, 0.1) is 0 Å². The lowest BCUT2D eigenvalue weighted by Crippen LogP contribution is -2.61. The number of ether oxygens (including phenoxy) is 4. The van der Waals surface area contributed by atoms with Crippen LogP contribution in [0.3, 0.4) is 0 Å². The molecule has 2 atom stereocenters. The van der Waals surface area contributed by atoms with Crippen molar-refractivity contribution in [1.82, 2.24) is 9.97 Å². The highest BCUT2D eigenvalue weighted by Crippen LogP contribution is 2.47. The first kappa shape index (κ1) is 38.2. The Labute approximate surface area is 283 Å². The number of halogens is 6. The quantitative estimate of drug-likeness (QED) is 0.148. The molecule has 1 aliphatic rings. The van der Waals surface area contributed by atoms with Crippen molar-refractivity contribution < 1.29 is 60.0 Å². The second-order valence-corrected chi connectivity index (χ2v) is 11.6. The van der Waals surface area contributed by atoms with Crippen LogP contribution in [-0.4, -0.2) is 66.8 Å². The van der Waals surface area contributed by atoms with Crippen molar-refractivity contribution in [3.05, 3.63) is 76.2 Å². The summed E-state index contributed by atoms with van der Waals surface area (Å²) in [5, 5.41) is 8.94. The lowest BCUT2D eigenvalue weighted by molar-refractivity contribution is -0.143. The average Bonchev–Trinajstić information content (AvgIpc) is 3.05. The Kier molecular flexibility index (Phi) is 11.8. The number of alkyl halides is 6. The first-order valence-corrected chi connectivity index (χ1v) is 15.4. The van der Waals surface area contributed by atoms with Crippen LogP contribution in [0.4, 0.5) is 36.8 Å². The van der Waals surface area contributed by atoms with E-state index in [-0.39, 0.29) is 91.4 Å². The van der Waals surface area contributed by atoms with E-state index in [1.54, 1.807) is 6.92 Å². The van der Waals surface area contributed by atoms with Crippen LogP contribution in [0.1, 0.15) is 72.2 Å². The summed E-state index contributed by atoms with van der Waals surface area (Å²) in [4.78, 5) is 34.8. The van der Waals surface area contributed by atoms with Gasteiger partial charge < -0.3 is 29.8 Å². The maximum atomic E-state index is 13.8. The van der Waals surface area contributed by atoms with Crippen LogP contribution in [0.15, 0.2) is 42.6 Å². The second-order valence-electron chi connectivity index (χ2n) is 11.6. The van der Waals surface area contributed by atoms with Gasteiger partial charge in [0.05, 0.1) is 54.7 Å². The minimum absolute atomic E-state index is 0.0482. The number of fused-ring (bicyclic) bond motifs is 1. The molecule has 0 radical (unpaired) electrons. The summed E-state index contributed by atoms with van der Waals surface area (Å²) < 4.78 is 104. The Hall–Kier alpha value is -4.64. The number of anilines is 1. The standard InChI is InChI=1S/C33H36F6N4O7/c1-4-31(40)17-24(29-25(7-8-26(42-29)48-3)43(31)30(46)50-9-5-6-27(44)45)28-20(15-23(18-41-28)49-11-10-47-2)12-19-13-21(32(34,35)36)16-22(14-19)33(37,38)39/h7-8,13-16,18,24H,4-6,9-12,17,40H2,1-3H3,(H,44,45)/t24-,31+/m0/s1. The van der Waals surface area contributed by atoms with Gasteiger partial charge in [-0.2, -0.15) is 26.3 Å². The summed E-state index contributed by atoms with van der Waals surface area (Å²) >= 11 is 0. The van der Waals surface area contributed by atoms with E-state index in [4.69, 9.17) is 29.8 Å². The normalized spacial score (nSPS) is 17.6. The van der Waals surface area contributed by atoms with Gasteiger partial charge in [-0.15, -0.1) is 0 Å². The van der Waals surface area contributed by atoms with Gasteiger partial charge >= 0.3 is 24.4 Å². The number of methoxy groups -OCH3 is 2. The lowest BCUT2D eigenvalue weighted by atomic mass is 9.80. The zero-order valence-corrected chi connectivity index (χ0v) is 27.4. The largest absolute Gasteiger partial charge is 0.490 e. The number of aliphatic carboxylic acids is 1. The predicted octanol–water partition coefficient (Wildman–Crippen LogP) is 6.55. The molecule has 0 spiro atoms. The molecular weight excluding hydrogens is 678 g/mol. The molecule has 0 fully saturated rings. The topological polar surface area (TPSA) is 146 Å². The van der Waals surface area contributed by atoms with Crippen LogP contribution < -0.4 is 20.1 Å². The van der Waals surface area contributed by atoms with Crippen molar-refractivity contribution in [3.8, 4) is 11.6 Å². The number of pyridine rings is 2. The Balaban J connectivity index is 1.87. The van der Waals surface area contributed by atoms with Crippen molar-refractivity contribution in [2.75, 3.05) is 38.9 Å². The summed E-state index contributed by atoms with van der Waals surface area (Å²) in [5.41, 5.74) is 3.05. The number of carboxylic acid groups (broad SMARTS) is 1. The minimum atomic E-state index is -5.06. The summed E-state index contributed by atoms with van der Waals surface area (Å²) in [6.07, 6.45) is -10.1. The number of hydrogen-bond acceptors (Lipinski definition) is 9. The molecule has 1 aliphatic heterocycles. The number of carbonyl (C=O) groups is 2. The van der Waals surface area contributed by atoms with Crippen molar-refractivity contribution in [2.45, 2.75) is 63.0 Å². The van der Waals surface area contributed by atoms with E-state index in [1.165, 1.54) is 43.5 Å². The summed E-state index contributed by atoms with van der Waals surface area (Å²) in [5.74, 6) is -1.60. The van der Waals surface area contributed by atoms with Crippen molar-refractivity contribution in [2.24, 2.45) is 5.73 Å². The predicted molar refractivity (Wildman–Crippen MR) is 166 cm³/mol. The molecule has 1 amide bonds.